The number of nitrogens with zero attached hydrogens (tertiary/aromatic N) is 2. The Kier molecular flexibility index (Phi) is 5.20. The molecule has 1 atom stereocenters. The largest absolute Gasteiger partial charge is 0.361 e. The van der Waals surface area contributed by atoms with Crippen molar-refractivity contribution in [1.29, 1.82) is 0 Å². The SMILES string of the molecule is CC[N+](C)(O)CCc1c[nH]c2ccc(CS(=O)(=O)N3CCCC3)cc12. The van der Waals surface area contributed by atoms with Crippen molar-refractivity contribution in [2.75, 3.05) is 33.2 Å². The van der Waals surface area contributed by atoms with Crippen LogP contribution in [0.2, 0.25) is 0 Å². The van der Waals surface area contributed by atoms with Gasteiger partial charge in [0.2, 0.25) is 10.0 Å². The summed E-state index contributed by atoms with van der Waals surface area (Å²) in [6.07, 6.45) is 4.61. The molecule has 3 rings (SSSR count). The molecule has 2 N–H and O–H groups in total. The van der Waals surface area contributed by atoms with Crippen LogP contribution in [0.4, 0.5) is 0 Å². The highest BCUT2D eigenvalue weighted by Crippen LogP contribution is 2.24. The molecule has 0 saturated carbocycles. The molecule has 1 saturated heterocycles. The third kappa shape index (κ3) is 4.23. The van der Waals surface area contributed by atoms with Gasteiger partial charge in [0, 0.05) is 36.6 Å². The van der Waals surface area contributed by atoms with Crippen molar-refractivity contribution < 1.29 is 18.3 Å². The van der Waals surface area contributed by atoms with Crippen molar-refractivity contribution in [2.24, 2.45) is 0 Å². The maximum absolute atomic E-state index is 12.5. The highest BCUT2D eigenvalue weighted by atomic mass is 32.2. The summed E-state index contributed by atoms with van der Waals surface area (Å²) < 4.78 is 26.7. The van der Waals surface area contributed by atoms with E-state index in [2.05, 4.69) is 4.98 Å². The van der Waals surface area contributed by atoms with E-state index in [-0.39, 0.29) is 10.4 Å². The molecule has 1 aliphatic heterocycles. The first-order chi connectivity index (χ1) is 11.8. The summed E-state index contributed by atoms with van der Waals surface area (Å²) in [6, 6.07) is 5.80. The summed E-state index contributed by atoms with van der Waals surface area (Å²) >= 11 is 0. The van der Waals surface area contributed by atoms with Crippen LogP contribution in [0, 0.1) is 0 Å². The maximum atomic E-state index is 12.5. The first kappa shape index (κ1) is 18.4. The molecule has 7 heteroatoms. The Morgan fingerprint density at radius 2 is 2.00 bits per heavy atom. The van der Waals surface area contributed by atoms with Crippen LogP contribution < -0.4 is 0 Å². The Morgan fingerprint density at radius 3 is 2.68 bits per heavy atom. The topological polar surface area (TPSA) is 73.4 Å². The van der Waals surface area contributed by atoms with E-state index < -0.39 is 10.0 Å². The van der Waals surface area contributed by atoms with E-state index in [0.29, 0.717) is 26.2 Å². The van der Waals surface area contributed by atoms with Gasteiger partial charge in [-0.15, -0.1) is 0 Å². The van der Waals surface area contributed by atoms with Crippen LogP contribution in [0.25, 0.3) is 10.9 Å². The van der Waals surface area contributed by atoms with Crippen molar-refractivity contribution in [3.63, 3.8) is 0 Å². The highest BCUT2D eigenvalue weighted by Gasteiger charge is 2.25. The van der Waals surface area contributed by atoms with Crippen molar-refractivity contribution >= 4 is 20.9 Å². The average molecular weight is 367 g/mol. The number of aromatic nitrogens is 1. The number of hydrogen-bond acceptors (Lipinski definition) is 3. The summed E-state index contributed by atoms with van der Waals surface area (Å²) in [5.41, 5.74) is 2.93. The molecule has 0 aliphatic carbocycles. The van der Waals surface area contributed by atoms with Gasteiger partial charge in [-0.1, -0.05) is 6.07 Å². The monoisotopic (exact) mass is 366 g/mol. The smallest absolute Gasteiger partial charge is 0.218 e. The Labute approximate surface area is 149 Å². The zero-order valence-electron chi connectivity index (χ0n) is 15.0. The van der Waals surface area contributed by atoms with Crippen LogP contribution in [0.1, 0.15) is 30.9 Å². The highest BCUT2D eigenvalue weighted by molar-refractivity contribution is 7.88. The van der Waals surface area contributed by atoms with E-state index in [1.807, 2.05) is 31.3 Å². The zero-order chi connectivity index (χ0) is 18.1. The quantitative estimate of drug-likeness (QED) is 0.584. The standard InChI is InChI=1S/C18H28N3O3S/c1-3-21(2,22)11-8-16-13-19-18-7-6-15(12-17(16)18)14-25(23,24)20-9-4-5-10-20/h6-7,12-13,19,22H,3-5,8-11,14H2,1-2H3/q+1. The van der Waals surface area contributed by atoms with Gasteiger partial charge in [0.15, 0.2) is 0 Å². The third-order valence-corrected chi connectivity index (χ3v) is 7.03. The normalized spacial score (nSPS) is 18.7. The van der Waals surface area contributed by atoms with Crippen LogP contribution in [0.15, 0.2) is 24.4 Å². The second-order valence-corrected chi connectivity index (χ2v) is 9.15. The van der Waals surface area contributed by atoms with Gasteiger partial charge in [-0.25, -0.2) is 17.9 Å². The van der Waals surface area contributed by atoms with Gasteiger partial charge in [-0.2, -0.15) is 4.65 Å². The number of sulfonamides is 1. The second-order valence-electron chi connectivity index (χ2n) is 7.18. The number of rotatable bonds is 7. The minimum absolute atomic E-state index is 0.0182. The Bertz CT molecular complexity index is 836. The van der Waals surface area contributed by atoms with Crippen LogP contribution >= 0.6 is 0 Å². The summed E-state index contributed by atoms with van der Waals surface area (Å²) in [7, 11) is -1.44. The minimum atomic E-state index is -3.24. The fourth-order valence-corrected chi connectivity index (χ4v) is 4.91. The van der Waals surface area contributed by atoms with Crippen LogP contribution in [-0.4, -0.2) is 60.8 Å². The second kappa shape index (κ2) is 7.07. The van der Waals surface area contributed by atoms with Gasteiger partial charge in [0.25, 0.3) is 0 Å². The van der Waals surface area contributed by atoms with Crippen molar-refractivity contribution in [2.45, 2.75) is 31.9 Å². The van der Waals surface area contributed by atoms with Gasteiger partial charge in [-0.3, -0.25) is 0 Å². The Hall–Kier alpha value is -1.41. The number of nitrogens with one attached hydrogen (secondary N) is 1. The molecule has 1 unspecified atom stereocenters. The molecule has 0 radical (unpaired) electrons. The number of aromatic amines is 1. The molecular formula is C18H28N3O3S+. The van der Waals surface area contributed by atoms with Gasteiger partial charge < -0.3 is 4.98 Å². The summed E-state index contributed by atoms with van der Waals surface area (Å²) in [6.45, 7) is 4.52. The molecule has 1 fully saturated rings. The zero-order valence-corrected chi connectivity index (χ0v) is 15.8. The fourth-order valence-electron chi connectivity index (χ4n) is 3.31. The molecule has 138 valence electrons. The average Bonchev–Trinajstić information content (AvgIpc) is 3.23. The number of quaternary nitrogens is 1. The molecule has 0 spiro atoms. The van der Waals surface area contributed by atoms with E-state index in [1.54, 1.807) is 11.4 Å². The first-order valence-electron chi connectivity index (χ1n) is 8.95. The Balaban J connectivity index is 1.80. The van der Waals surface area contributed by atoms with E-state index in [4.69, 9.17) is 0 Å². The van der Waals surface area contributed by atoms with Gasteiger partial charge in [0.1, 0.15) is 13.1 Å². The lowest BCUT2D eigenvalue weighted by Gasteiger charge is -2.23. The molecular weight excluding hydrogens is 338 g/mol. The number of benzene rings is 1. The number of hydroxylamine groups is 3. The molecule has 1 aromatic carbocycles. The van der Waals surface area contributed by atoms with Gasteiger partial charge >= 0.3 is 0 Å². The van der Waals surface area contributed by atoms with E-state index in [9.17, 15) is 13.6 Å². The summed E-state index contributed by atoms with van der Waals surface area (Å²) in [5.74, 6) is 0.0519. The van der Waals surface area contributed by atoms with Crippen LogP contribution in [0.5, 0.6) is 0 Å². The molecule has 1 aromatic heterocycles. The van der Waals surface area contributed by atoms with Gasteiger partial charge in [0.05, 0.1) is 12.8 Å². The molecule has 6 nitrogen and oxygen atoms in total. The number of hydrogen-bond donors (Lipinski definition) is 2. The molecule has 0 amide bonds. The van der Waals surface area contributed by atoms with E-state index in [0.717, 1.165) is 41.3 Å². The minimum Gasteiger partial charge on any atom is -0.361 e. The molecule has 2 aromatic rings. The van der Waals surface area contributed by atoms with Crippen molar-refractivity contribution in [3.8, 4) is 0 Å². The molecule has 1 aliphatic rings. The van der Waals surface area contributed by atoms with Crippen LogP contribution in [0.3, 0.4) is 0 Å². The lowest BCUT2D eigenvalue weighted by atomic mass is 10.1. The lowest BCUT2D eigenvalue weighted by Crippen LogP contribution is -2.41. The fraction of sp³-hybridized carbons (Fsp3) is 0.556. The van der Waals surface area contributed by atoms with E-state index in [1.165, 1.54) is 0 Å². The maximum Gasteiger partial charge on any atom is 0.218 e. The first-order valence-corrected chi connectivity index (χ1v) is 10.6. The lowest BCUT2D eigenvalue weighted by molar-refractivity contribution is -1.09. The predicted octanol–water partition coefficient (Wildman–Crippen LogP) is 2.49. The molecule has 0 bridgehead atoms. The number of H-pyrrole nitrogens is 1. The summed E-state index contributed by atoms with van der Waals surface area (Å²) in [4.78, 5) is 3.24. The van der Waals surface area contributed by atoms with E-state index >= 15 is 0 Å². The van der Waals surface area contributed by atoms with Crippen LogP contribution in [-0.2, 0) is 22.2 Å². The molecule has 25 heavy (non-hydrogen) atoms. The van der Waals surface area contributed by atoms with Crippen molar-refractivity contribution in [3.05, 3.63) is 35.5 Å². The molecule has 2 heterocycles. The number of likely N-dealkylation sites (N-methyl/N-ethyl adjacent to an activating group) is 1. The van der Waals surface area contributed by atoms with Crippen molar-refractivity contribution in [1.82, 2.24) is 9.29 Å². The Morgan fingerprint density at radius 1 is 1.28 bits per heavy atom. The third-order valence-electron chi connectivity index (χ3n) is 5.18. The predicted molar refractivity (Wildman–Crippen MR) is 98.8 cm³/mol. The number of fused-ring (bicyclic) bond motifs is 1. The summed E-state index contributed by atoms with van der Waals surface area (Å²) in [5, 5.41) is 11.2. The van der Waals surface area contributed by atoms with Gasteiger partial charge in [-0.05, 0) is 43.0 Å².